The fourth-order valence-corrected chi connectivity index (χ4v) is 2.08. The van der Waals surface area contributed by atoms with Crippen molar-refractivity contribution in [1.82, 2.24) is 10.2 Å². The number of nitrogens with zero attached hydrogens (tertiary/aromatic N) is 1. The summed E-state index contributed by atoms with van der Waals surface area (Å²) in [4.78, 5) is 2.44. The molecule has 1 N–H and O–H groups in total. The van der Waals surface area contributed by atoms with Crippen molar-refractivity contribution in [2.24, 2.45) is 0 Å². The summed E-state index contributed by atoms with van der Waals surface area (Å²) in [5.41, 5.74) is 1.14. The second-order valence-electron chi connectivity index (χ2n) is 4.39. The highest BCUT2D eigenvalue weighted by Gasteiger charge is 2.08. The van der Waals surface area contributed by atoms with Crippen molar-refractivity contribution >= 4 is 0 Å². The zero-order valence-corrected chi connectivity index (χ0v) is 9.58. The Morgan fingerprint density at radius 2 is 1.75 bits per heavy atom. The molecule has 0 atom stereocenters. The number of hydrogen-bond donors (Lipinski definition) is 1. The third-order valence-corrected chi connectivity index (χ3v) is 3.03. The van der Waals surface area contributed by atoms with Crippen molar-refractivity contribution in [3.8, 4) is 0 Å². The smallest absolute Gasteiger partial charge is 0.123 e. The van der Waals surface area contributed by atoms with Gasteiger partial charge in [-0.3, -0.25) is 4.90 Å². The summed E-state index contributed by atoms with van der Waals surface area (Å²) < 4.78 is 12.7. The highest BCUT2D eigenvalue weighted by atomic mass is 19.1. The van der Waals surface area contributed by atoms with Crippen molar-refractivity contribution in [2.45, 2.75) is 25.8 Å². The van der Waals surface area contributed by atoms with Gasteiger partial charge in [0.15, 0.2) is 0 Å². The summed E-state index contributed by atoms with van der Waals surface area (Å²) in [6.07, 6.45) is 4.00. The van der Waals surface area contributed by atoms with E-state index >= 15 is 0 Å². The van der Waals surface area contributed by atoms with Gasteiger partial charge in [0, 0.05) is 13.2 Å². The normalized spacial score (nSPS) is 17.6. The molecule has 1 aliphatic heterocycles. The topological polar surface area (TPSA) is 15.3 Å². The van der Waals surface area contributed by atoms with Crippen LogP contribution in [0.25, 0.3) is 0 Å². The molecule has 2 rings (SSSR count). The van der Waals surface area contributed by atoms with Gasteiger partial charge in [0.2, 0.25) is 0 Å². The van der Waals surface area contributed by atoms with E-state index in [1.807, 2.05) is 12.1 Å². The molecule has 16 heavy (non-hydrogen) atoms. The van der Waals surface area contributed by atoms with Crippen LogP contribution in [0.1, 0.15) is 24.8 Å². The van der Waals surface area contributed by atoms with Crippen LogP contribution < -0.4 is 5.32 Å². The van der Waals surface area contributed by atoms with Gasteiger partial charge in [0.1, 0.15) is 5.82 Å². The average molecular weight is 222 g/mol. The van der Waals surface area contributed by atoms with Crippen molar-refractivity contribution in [3.63, 3.8) is 0 Å². The highest BCUT2D eigenvalue weighted by molar-refractivity contribution is 5.15. The van der Waals surface area contributed by atoms with Crippen LogP contribution >= 0.6 is 0 Å². The molecular weight excluding hydrogens is 203 g/mol. The van der Waals surface area contributed by atoms with Crippen LogP contribution in [-0.2, 0) is 6.54 Å². The lowest BCUT2D eigenvalue weighted by Crippen LogP contribution is -2.37. The molecule has 2 nitrogen and oxygen atoms in total. The lowest BCUT2D eigenvalue weighted by Gasteiger charge is -2.26. The zero-order valence-electron chi connectivity index (χ0n) is 9.58. The monoisotopic (exact) mass is 222 g/mol. The van der Waals surface area contributed by atoms with E-state index in [-0.39, 0.29) is 5.82 Å². The first-order valence-corrected chi connectivity index (χ1v) is 6.02. The van der Waals surface area contributed by atoms with Crippen LogP contribution in [0.2, 0.25) is 0 Å². The van der Waals surface area contributed by atoms with Gasteiger partial charge in [-0.2, -0.15) is 0 Å². The fraction of sp³-hybridized carbons (Fsp3) is 0.538. The van der Waals surface area contributed by atoms with Crippen LogP contribution in [-0.4, -0.2) is 24.7 Å². The van der Waals surface area contributed by atoms with E-state index in [9.17, 15) is 4.39 Å². The summed E-state index contributed by atoms with van der Waals surface area (Å²) in [7, 11) is 0. The van der Waals surface area contributed by atoms with Crippen molar-refractivity contribution < 1.29 is 4.39 Å². The van der Waals surface area contributed by atoms with Gasteiger partial charge in [-0.25, -0.2) is 4.39 Å². The first-order chi connectivity index (χ1) is 7.84. The number of likely N-dealkylation sites (tertiary alicyclic amines) is 1. The molecule has 0 amide bonds. The minimum absolute atomic E-state index is 0.167. The molecule has 0 aromatic heterocycles. The molecule has 0 bridgehead atoms. The molecule has 1 fully saturated rings. The molecule has 1 saturated heterocycles. The predicted octanol–water partition coefficient (Wildman–Crippen LogP) is 2.36. The fourth-order valence-electron chi connectivity index (χ4n) is 2.08. The van der Waals surface area contributed by atoms with Gasteiger partial charge in [0.05, 0.1) is 0 Å². The Balaban J connectivity index is 1.69. The van der Waals surface area contributed by atoms with E-state index in [0.717, 1.165) is 18.8 Å². The highest BCUT2D eigenvalue weighted by Crippen LogP contribution is 2.07. The van der Waals surface area contributed by atoms with Crippen LogP contribution in [0, 0.1) is 5.82 Å². The lowest BCUT2D eigenvalue weighted by molar-refractivity contribution is 0.212. The minimum Gasteiger partial charge on any atom is -0.300 e. The summed E-state index contributed by atoms with van der Waals surface area (Å²) in [5, 5.41) is 3.39. The number of halogens is 1. The Hall–Kier alpha value is -0.930. The molecule has 0 saturated carbocycles. The maximum Gasteiger partial charge on any atom is 0.123 e. The Labute approximate surface area is 96.5 Å². The van der Waals surface area contributed by atoms with E-state index in [2.05, 4.69) is 10.2 Å². The van der Waals surface area contributed by atoms with Gasteiger partial charge in [-0.1, -0.05) is 18.6 Å². The summed E-state index contributed by atoms with van der Waals surface area (Å²) in [5.74, 6) is -0.167. The molecule has 1 aliphatic rings. The van der Waals surface area contributed by atoms with Crippen molar-refractivity contribution in [3.05, 3.63) is 35.6 Å². The molecule has 3 heteroatoms. The molecule has 88 valence electrons. The van der Waals surface area contributed by atoms with E-state index in [0.29, 0.717) is 0 Å². The SMILES string of the molecule is Fc1ccc(CNCN2CCCCC2)cc1. The van der Waals surface area contributed by atoms with Crippen LogP contribution in [0.5, 0.6) is 0 Å². The lowest BCUT2D eigenvalue weighted by atomic mass is 10.1. The number of nitrogens with one attached hydrogen (secondary N) is 1. The molecule has 1 aromatic rings. The Morgan fingerprint density at radius 1 is 1.06 bits per heavy atom. The summed E-state index contributed by atoms with van der Waals surface area (Å²) >= 11 is 0. The third-order valence-electron chi connectivity index (χ3n) is 3.03. The number of benzene rings is 1. The number of rotatable bonds is 4. The van der Waals surface area contributed by atoms with Gasteiger partial charge in [0.25, 0.3) is 0 Å². The van der Waals surface area contributed by atoms with E-state index in [1.54, 1.807) is 0 Å². The molecule has 0 aliphatic carbocycles. The maximum absolute atomic E-state index is 12.7. The molecule has 0 radical (unpaired) electrons. The summed E-state index contributed by atoms with van der Waals surface area (Å²) in [6.45, 7) is 4.17. The molecular formula is C13H19FN2. The average Bonchev–Trinajstić information content (AvgIpc) is 2.33. The maximum atomic E-state index is 12.7. The van der Waals surface area contributed by atoms with Gasteiger partial charge >= 0.3 is 0 Å². The first-order valence-electron chi connectivity index (χ1n) is 6.02. The quantitative estimate of drug-likeness (QED) is 0.841. The Bertz CT molecular complexity index is 304. The van der Waals surface area contributed by atoms with Gasteiger partial charge in [-0.15, -0.1) is 0 Å². The van der Waals surface area contributed by atoms with Gasteiger partial charge in [-0.05, 0) is 43.6 Å². The van der Waals surface area contributed by atoms with Crippen molar-refractivity contribution in [1.29, 1.82) is 0 Å². The predicted molar refractivity (Wildman–Crippen MR) is 63.5 cm³/mol. The van der Waals surface area contributed by atoms with E-state index in [4.69, 9.17) is 0 Å². The summed E-state index contributed by atoms with van der Waals surface area (Å²) in [6, 6.07) is 6.69. The van der Waals surface area contributed by atoms with Crippen LogP contribution in [0.3, 0.4) is 0 Å². The van der Waals surface area contributed by atoms with Crippen LogP contribution in [0.4, 0.5) is 4.39 Å². The Kier molecular flexibility index (Phi) is 4.31. The third kappa shape index (κ3) is 3.58. The number of piperidine rings is 1. The number of hydrogen-bond acceptors (Lipinski definition) is 2. The zero-order chi connectivity index (χ0) is 11.2. The van der Waals surface area contributed by atoms with Crippen LogP contribution in [0.15, 0.2) is 24.3 Å². The second-order valence-corrected chi connectivity index (χ2v) is 4.39. The molecule has 1 heterocycles. The second kappa shape index (κ2) is 5.97. The molecule has 0 unspecified atom stereocenters. The van der Waals surface area contributed by atoms with Gasteiger partial charge < -0.3 is 5.32 Å². The van der Waals surface area contributed by atoms with E-state index < -0.39 is 0 Å². The largest absolute Gasteiger partial charge is 0.300 e. The van der Waals surface area contributed by atoms with E-state index in [1.165, 1.54) is 44.5 Å². The Morgan fingerprint density at radius 3 is 2.44 bits per heavy atom. The van der Waals surface area contributed by atoms with Crippen molar-refractivity contribution in [2.75, 3.05) is 19.8 Å². The molecule has 0 spiro atoms. The first kappa shape index (κ1) is 11.6. The molecule has 1 aromatic carbocycles. The standard InChI is InChI=1S/C13H19FN2/c14-13-6-4-12(5-7-13)10-15-11-16-8-2-1-3-9-16/h4-7,15H,1-3,8-11H2. The minimum atomic E-state index is -0.167.